The third kappa shape index (κ3) is 2.58. The molecule has 0 aromatic rings. The number of ether oxygens (including phenoxy) is 1. The van der Waals surface area contributed by atoms with E-state index in [0.717, 1.165) is 0 Å². The molecule has 1 fully saturated rings. The van der Waals surface area contributed by atoms with E-state index in [-0.39, 0.29) is 11.6 Å². The maximum absolute atomic E-state index is 11.4. The van der Waals surface area contributed by atoms with Crippen molar-refractivity contribution in [3.63, 3.8) is 0 Å². The van der Waals surface area contributed by atoms with E-state index < -0.39 is 10.0 Å². The average Bonchev–Trinajstić information content (AvgIpc) is 2.06. The highest BCUT2D eigenvalue weighted by Crippen LogP contribution is 2.05. The predicted octanol–water partition coefficient (Wildman–Crippen LogP) is -0.113. The molecule has 72 valence electrons. The maximum Gasteiger partial charge on any atom is 0.215 e. The quantitative estimate of drug-likeness (QED) is 0.615. The Morgan fingerprint density at radius 2 is 1.92 bits per heavy atom. The minimum atomic E-state index is -3.11. The molecule has 1 saturated heterocycles. The molecule has 0 saturated carbocycles. The highest BCUT2D eigenvalue weighted by Gasteiger charge is 2.22. The summed E-state index contributed by atoms with van der Waals surface area (Å²) in [4.78, 5) is 0. The fraction of sp³-hybridized carbons (Fsp3) is 1.00. The molecule has 0 aromatic heterocycles. The van der Waals surface area contributed by atoms with E-state index in [1.165, 1.54) is 4.31 Å². The van der Waals surface area contributed by atoms with Crippen molar-refractivity contribution in [2.45, 2.75) is 0 Å². The van der Waals surface area contributed by atoms with Gasteiger partial charge < -0.3 is 4.74 Å². The van der Waals surface area contributed by atoms with Gasteiger partial charge in [-0.2, -0.15) is 4.31 Å². The highest BCUT2D eigenvalue weighted by atomic mass is 35.5. The summed E-state index contributed by atoms with van der Waals surface area (Å²) >= 11 is 5.37. The van der Waals surface area contributed by atoms with Gasteiger partial charge in [0.2, 0.25) is 10.0 Å². The van der Waals surface area contributed by atoms with Gasteiger partial charge in [-0.25, -0.2) is 8.42 Å². The minimum Gasteiger partial charge on any atom is -0.379 e. The Labute approximate surface area is 77.5 Å². The molecule has 0 spiro atoms. The first-order valence-corrected chi connectivity index (χ1v) is 5.93. The van der Waals surface area contributed by atoms with Gasteiger partial charge in [0, 0.05) is 19.0 Å². The van der Waals surface area contributed by atoms with Crippen LogP contribution in [0.4, 0.5) is 0 Å². The van der Waals surface area contributed by atoms with Crippen molar-refractivity contribution in [1.29, 1.82) is 0 Å². The SMILES string of the molecule is O=S(=O)(CCCl)N1CCOCC1. The first-order valence-electron chi connectivity index (χ1n) is 3.78. The van der Waals surface area contributed by atoms with Crippen LogP contribution in [-0.2, 0) is 14.8 Å². The lowest BCUT2D eigenvalue weighted by Crippen LogP contribution is -2.42. The molecule has 0 aliphatic carbocycles. The Balaban J connectivity index is 2.54. The third-order valence-electron chi connectivity index (χ3n) is 1.70. The molecule has 0 atom stereocenters. The van der Waals surface area contributed by atoms with Gasteiger partial charge in [-0.05, 0) is 0 Å². The Kier molecular flexibility index (Phi) is 3.77. The van der Waals surface area contributed by atoms with E-state index in [1.807, 2.05) is 0 Å². The van der Waals surface area contributed by atoms with Crippen LogP contribution in [0.2, 0.25) is 0 Å². The zero-order chi connectivity index (χ0) is 9.03. The van der Waals surface area contributed by atoms with Gasteiger partial charge >= 0.3 is 0 Å². The number of halogens is 1. The Hall–Kier alpha value is 0.160. The molecule has 1 aliphatic rings. The zero-order valence-electron chi connectivity index (χ0n) is 6.70. The summed E-state index contributed by atoms with van der Waals surface area (Å²) in [7, 11) is -3.11. The second kappa shape index (κ2) is 4.41. The van der Waals surface area contributed by atoms with Crippen LogP contribution < -0.4 is 0 Å². The average molecular weight is 214 g/mol. The fourth-order valence-electron chi connectivity index (χ4n) is 1.05. The number of nitrogens with zero attached hydrogens (tertiary/aromatic N) is 1. The van der Waals surface area contributed by atoms with Crippen molar-refractivity contribution in [1.82, 2.24) is 4.31 Å². The molecule has 1 rings (SSSR count). The number of alkyl halides is 1. The van der Waals surface area contributed by atoms with E-state index in [1.54, 1.807) is 0 Å². The summed E-state index contributed by atoms with van der Waals surface area (Å²) in [6.07, 6.45) is 0. The lowest BCUT2D eigenvalue weighted by Gasteiger charge is -2.25. The van der Waals surface area contributed by atoms with Crippen molar-refractivity contribution in [3.05, 3.63) is 0 Å². The van der Waals surface area contributed by atoms with Crippen molar-refractivity contribution in [3.8, 4) is 0 Å². The summed E-state index contributed by atoms with van der Waals surface area (Å²) < 4.78 is 29.2. The second-order valence-electron chi connectivity index (χ2n) is 2.52. The van der Waals surface area contributed by atoms with Crippen molar-refractivity contribution in [2.24, 2.45) is 0 Å². The molecule has 1 aliphatic heterocycles. The van der Waals surface area contributed by atoms with Gasteiger partial charge in [0.1, 0.15) is 0 Å². The van der Waals surface area contributed by atoms with E-state index in [4.69, 9.17) is 16.3 Å². The molecule has 0 amide bonds. The van der Waals surface area contributed by atoms with Gasteiger partial charge in [-0.15, -0.1) is 11.6 Å². The molecule has 0 N–H and O–H groups in total. The first-order chi connectivity index (χ1) is 5.67. The van der Waals surface area contributed by atoms with Gasteiger partial charge in [0.15, 0.2) is 0 Å². The Morgan fingerprint density at radius 1 is 1.33 bits per heavy atom. The van der Waals surface area contributed by atoms with Crippen molar-refractivity contribution in [2.75, 3.05) is 37.9 Å². The van der Waals surface area contributed by atoms with Gasteiger partial charge in [0.05, 0.1) is 19.0 Å². The fourth-order valence-corrected chi connectivity index (χ4v) is 2.79. The van der Waals surface area contributed by atoms with Crippen LogP contribution in [0.25, 0.3) is 0 Å². The van der Waals surface area contributed by atoms with Crippen LogP contribution in [0.1, 0.15) is 0 Å². The molecule has 0 unspecified atom stereocenters. The highest BCUT2D eigenvalue weighted by molar-refractivity contribution is 7.89. The topological polar surface area (TPSA) is 46.6 Å². The smallest absolute Gasteiger partial charge is 0.215 e. The summed E-state index contributed by atoms with van der Waals surface area (Å²) in [5.74, 6) is 0.175. The number of morpholine rings is 1. The summed E-state index contributed by atoms with van der Waals surface area (Å²) in [6, 6.07) is 0. The summed E-state index contributed by atoms with van der Waals surface area (Å²) in [5.41, 5.74) is 0. The van der Waals surface area contributed by atoms with Gasteiger partial charge in [0.25, 0.3) is 0 Å². The Bertz CT molecular complexity index is 223. The lowest BCUT2D eigenvalue weighted by atomic mass is 10.5. The standard InChI is InChI=1S/C6H12ClNO3S/c7-1-6-12(9,10)8-2-4-11-5-3-8/h1-6H2. The maximum atomic E-state index is 11.4. The number of hydrogen-bond donors (Lipinski definition) is 0. The van der Waals surface area contributed by atoms with Crippen molar-refractivity contribution < 1.29 is 13.2 Å². The summed E-state index contributed by atoms with van der Waals surface area (Å²) in [6.45, 7) is 1.89. The van der Waals surface area contributed by atoms with E-state index in [2.05, 4.69) is 0 Å². The molecule has 0 bridgehead atoms. The van der Waals surface area contributed by atoms with Crippen LogP contribution in [0.15, 0.2) is 0 Å². The number of rotatable bonds is 3. The number of hydrogen-bond acceptors (Lipinski definition) is 3. The molecule has 1 heterocycles. The van der Waals surface area contributed by atoms with Crippen LogP contribution in [0, 0.1) is 0 Å². The molecular weight excluding hydrogens is 202 g/mol. The Morgan fingerprint density at radius 3 is 2.42 bits per heavy atom. The molecule has 4 nitrogen and oxygen atoms in total. The number of sulfonamides is 1. The zero-order valence-corrected chi connectivity index (χ0v) is 8.27. The van der Waals surface area contributed by atoms with Gasteiger partial charge in [-0.3, -0.25) is 0 Å². The van der Waals surface area contributed by atoms with E-state index in [9.17, 15) is 8.42 Å². The van der Waals surface area contributed by atoms with Crippen LogP contribution in [-0.4, -0.2) is 50.7 Å². The molecule has 12 heavy (non-hydrogen) atoms. The lowest BCUT2D eigenvalue weighted by molar-refractivity contribution is 0.0731. The first kappa shape index (κ1) is 10.2. The van der Waals surface area contributed by atoms with E-state index >= 15 is 0 Å². The normalized spacial score (nSPS) is 21.1. The predicted molar refractivity (Wildman–Crippen MR) is 46.9 cm³/mol. The van der Waals surface area contributed by atoms with Gasteiger partial charge in [-0.1, -0.05) is 0 Å². The summed E-state index contributed by atoms with van der Waals surface area (Å²) in [5, 5.41) is 0. The molecule has 0 radical (unpaired) electrons. The molecule has 6 heteroatoms. The van der Waals surface area contributed by atoms with Crippen LogP contribution in [0.3, 0.4) is 0 Å². The van der Waals surface area contributed by atoms with Crippen molar-refractivity contribution >= 4 is 21.6 Å². The molecule has 0 aromatic carbocycles. The van der Waals surface area contributed by atoms with Crippen LogP contribution in [0.5, 0.6) is 0 Å². The molecular formula is C6H12ClNO3S. The largest absolute Gasteiger partial charge is 0.379 e. The second-order valence-corrected chi connectivity index (χ2v) is 4.98. The minimum absolute atomic E-state index is 0.0224. The van der Waals surface area contributed by atoms with E-state index in [0.29, 0.717) is 26.3 Å². The third-order valence-corrected chi connectivity index (χ3v) is 3.98. The monoisotopic (exact) mass is 213 g/mol. The van der Waals surface area contributed by atoms with Crippen LogP contribution >= 0.6 is 11.6 Å².